The van der Waals surface area contributed by atoms with Gasteiger partial charge in [0.1, 0.15) is 0 Å². The van der Waals surface area contributed by atoms with E-state index in [-0.39, 0.29) is 32.7 Å². The van der Waals surface area contributed by atoms with Gasteiger partial charge < -0.3 is 16.4 Å². The molecule has 0 bridgehead atoms. The van der Waals surface area contributed by atoms with Crippen LogP contribution in [0.3, 0.4) is 0 Å². The van der Waals surface area contributed by atoms with E-state index in [0.717, 1.165) is 12.3 Å². The molecule has 0 amide bonds. The number of nitrogens with two attached hydrogens (primary N) is 1. The summed E-state index contributed by atoms with van der Waals surface area (Å²) in [5.41, 5.74) is 12.0. The minimum Gasteiger partial charge on any atom is -0.674 e. The van der Waals surface area contributed by atoms with Gasteiger partial charge in [0, 0.05) is 38.8 Å². The molecule has 3 nitrogen and oxygen atoms in total. The first-order valence-corrected chi connectivity index (χ1v) is 6.78. The van der Waals surface area contributed by atoms with E-state index < -0.39 is 0 Å². The third-order valence-electron chi connectivity index (χ3n) is 2.55. The second kappa shape index (κ2) is 18.5. The summed E-state index contributed by atoms with van der Waals surface area (Å²) >= 11 is 0. The summed E-state index contributed by atoms with van der Waals surface area (Å²) in [6.45, 7) is 14.0. The third-order valence-corrected chi connectivity index (χ3v) is 2.55. The molecule has 1 saturated heterocycles. The second-order valence-electron chi connectivity index (χ2n) is 5.05. The normalized spacial score (nSPS) is 15.3. The van der Waals surface area contributed by atoms with Crippen LogP contribution in [0.2, 0.25) is 0 Å². The van der Waals surface area contributed by atoms with Crippen LogP contribution in [0, 0.1) is 5.92 Å². The summed E-state index contributed by atoms with van der Waals surface area (Å²) in [7, 11) is 2.14. The molecule has 3 N–H and O–H groups in total. The van der Waals surface area contributed by atoms with Gasteiger partial charge in [0.15, 0.2) is 0 Å². The summed E-state index contributed by atoms with van der Waals surface area (Å²) in [6, 6.07) is 0.478. The Labute approximate surface area is 145 Å². The molecule has 0 atom stereocenters. The van der Waals surface area contributed by atoms with Crippen LogP contribution in [0.15, 0.2) is 25.3 Å². The molecule has 0 aromatic heterocycles. The number of allylic oxidation sites excluding steroid dienone is 1. The summed E-state index contributed by atoms with van der Waals surface area (Å²) in [4.78, 5) is 2.32. The van der Waals surface area contributed by atoms with Crippen molar-refractivity contribution >= 4 is 0 Å². The molecule has 1 rings (SSSR count). The molecule has 0 saturated carbocycles. The minimum atomic E-state index is 0. The van der Waals surface area contributed by atoms with Gasteiger partial charge >= 0.3 is 0 Å². The number of hydrogen-bond acceptors (Lipinski definition) is 2. The maximum Gasteiger partial charge on any atom is 0.00631 e. The van der Waals surface area contributed by atoms with Crippen LogP contribution in [-0.4, -0.2) is 37.6 Å². The van der Waals surface area contributed by atoms with Crippen molar-refractivity contribution in [2.75, 3.05) is 26.7 Å². The predicted octanol–water partition coefficient (Wildman–Crippen LogP) is 3.48. The Morgan fingerprint density at radius 3 is 1.84 bits per heavy atom. The molecule has 0 spiro atoms. The standard InChI is InChI=1S/C6H14N2.C6H12.C3H6N.Y/c1-8-4-2-6(7)3-5-8;1-4-5-6(2)3;1-2-3-4;/h6H,2-5,7H2,1H3;4,6H,1,5H2,2-3H3;2,4H,1,3H2;/q;;-1;. The summed E-state index contributed by atoms with van der Waals surface area (Å²) < 4.78 is 0. The maximum atomic E-state index is 6.33. The molecule has 0 aromatic rings. The first kappa shape index (κ1) is 24.5. The van der Waals surface area contributed by atoms with Gasteiger partial charge in [0.05, 0.1) is 0 Å². The van der Waals surface area contributed by atoms with Crippen LogP contribution in [0.4, 0.5) is 0 Å². The van der Waals surface area contributed by atoms with Gasteiger partial charge in [0.25, 0.3) is 0 Å². The van der Waals surface area contributed by atoms with Gasteiger partial charge in [-0.2, -0.15) is 0 Å². The first-order valence-electron chi connectivity index (χ1n) is 6.78. The molecule has 0 unspecified atom stereocenters. The molecular formula is C15H32N3Y-. The number of nitrogens with one attached hydrogen (secondary N) is 1. The molecule has 111 valence electrons. The average Bonchev–Trinajstić information content (AvgIpc) is 2.34. The van der Waals surface area contributed by atoms with Crippen LogP contribution >= 0.6 is 0 Å². The summed E-state index contributed by atoms with van der Waals surface area (Å²) in [5.74, 6) is 0.780. The summed E-state index contributed by atoms with van der Waals surface area (Å²) in [5, 5.41) is 0. The van der Waals surface area contributed by atoms with Gasteiger partial charge in [-0.25, -0.2) is 0 Å². The Hall–Kier alpha value is 0.464. The second-order valence-corrected chi connectivity index (χ2v) is 5.05. The van der Waals surface area contributed by atoms with Gasteiger partial charge in [-0.1, -0.05) is 19.9 Å². The van der Waals surface area contributed by atoms with E-state index in [4.69, 9.17) is 11.5 Å². The Balaban J connectivity index is -0.000000210. The van der Waals surface area contributed by atoms with Crippen molar-refractivity contribution in [1.82, 2.24) is 4.90 Å². The van der Waals surface area contributed by atoms with Crippen LogP contribution in [0.5, 0.6) is 0 Å². The van der Waals surface area contributed by atoms with Crippen molar-refractivity contribution in [3.63, 3.8) is 0 Å². The monoisotopic (exact) mass is 343 g/mol. The minimum absolute atomic E-state index is 0. The van der Waals surface area contributed by atoms with E-state index in [9.17, 15) is 0 Å². The molecule has 0 aromatic carbocycles. The molecule has 0 aliphatic carbocycles. The zero-order valence-electron chi connectivity index (χ0n) is 13.1. The molecular weight excluding hydrogens is 311 g/mol. The fourth-order valence-corrected chi connectivity index (χ4v) is 1.36. The van der Waals surface area contributed by atoms with Crippen LogP contribution in [0.1, 0.15) is 33.1 Å². The molecule has 1 radical (unpaired) electrons. The van der Waals surface area contributed by atoms with E-state index >= 15 is 0 Å². The summed E-state index contributed by atoms with van der Waals surface area (Å²) in [6.07, 6.45) is 6.98. The van der Waals surface area contributed by atoms with Crippen molar-refractivity contribution in [3.8, 4) is 0 Å². The van der Waals surface area contributed by atoms with Crippen molar-refractivity contribution in [3.05, 3.63) is 31.0 Å². The quantitative estimate of drug-likeness (QED) is 0.798. The molecule has 1 aliphatic heterocycles. The predicted molar refractivity (Wildman–Crippen MR) is 83.7 cm³/mol. The first-order chi connectivity index (χ1) is 8.47. The Morgan fingerprint density at radius 2 is 1.68 bits per heavy atom. The number of rotatable bonds is 3. The van der Waals surface area contributed by atoms with Gasteiger partial charge in [0.2, 0.25) is 0 Å². The Morgan fingerprint density at radius 1 is 1.26 bits per heavy atom. The van der Waals surface area contributed by atoms with Crippen LogP contribution in [-0.2, 0) is 32.7 Å². The van der Waals surface area contributed by atoms with Crippen LogP contribution in [0.25, 0.3) is 5.73 Å². The van der Waals surface area contributed by atoms with E-state index in [1.54, 1.807) is 6.08 Å². The molecule has 19 heavy (non-hydrogen) atoms. The number of nitrogens with zero attached hydrogens (tertiary/aromatic N) is 1. The molecule has 4 heteroatoms. The SMILES string of the molecule is C=CCC(C)C.C=CC[NH-].CN1CCC(N)CC1.[Y]. The van der Waals surface area contributed by atoms with Crippen molar-refractivity contribution in [2.45, 2.75) is 39.2 Å². The van der Waals surface area contributed by atoms with Crippen molar-refractivity contribution in [1.29, 1.82) is 0 Å². The Bertz CT molecular complexity index is 178. The Kier molecular flexibility index (Phi) is 23.8. The van der Waals surface area contributed by atoms with Crippen LogP contribution < -0.4 is 5.73 Å². The van der Waals surface area contributed by atoms with E-state index in [2.05, 4.69) is 39.0 Å². The number of piperidine rings is 1. The average molecular weight is 343 g/mol. The molecule has 1 aliphatic rings. The maximum absolute atomic E-state index is 6.33. The molecule has 1 heterocycles. The largest absolute Gasteiger partial charge is 0.674 e. The zero-order valence-corrected chi connectivity index (χ0v) is 15.9. The topological polar surface area (TPSA) is 53.1 Å². The molecule has 1 fully saturated rings. The fourth-order valence-electron chi connectivity index (χ4n) is 1.36. The zero-order chi connectivity index (χ0) is 14.4. The number of hydrogen-bond donors (Lipinski definition) is 1. The van der Waals surface area contributed by atoms with Gasteiger partial charge in [-0.05, 0) is 45.3 Å². The van der Waals surface area contributed by atoms with Crippen molar-refractivity contribution in [2.24, 2.45) is 11.7 Å². The van der Waals surface area contributed by atoms with Gasteiger partial charge in [-0.15, -0.1) is 25.8 Å². The smallest absolute Gasteiger partial charge is 0.00631 e. The fraction of sp³-hybridized carbons (Fsp3) is 0.733. The van der Waals surface area contributed by atoms with E-state index in [1.807, 2.05) is 6.08 Å². The van der Waals surface area contributed by atoms with E-state index in [0.29, 0.717) is 12.6 Å². The number of likely N-dealkylation sites (tertiary alicyclic amines) is 1. The third kappa shape index (κ3) is 23.9. The van der Waals surface area contributed by atoms with Crippen molar-refractivity contribution < 1.29 is 32.7 Å². The van der Waals surface area contributed by atoms with E-state index in [1.165, 1.54) is 25.9 Å². The van der Waals surface area contributed by atoms with Gasteiger partial charge in [-0.3, -0.25) is 0 Å².